The molecule has 0 N–H and O–H groups in total. The number of pyridine rings is 1. The normalized spacial score (nSPS) is 13.8. The molecule has 13 rings (SSSR count). The van der Waals surface area contributed by atoms with E-state index in [1.165, 1.54) is 0 Å². The van der Waals surface area contributed by atoms with Gasteiger partial charge in [-0.1, -0.05) is 200 Å². The molecule has 9 aromatic carbocycles. The van der Waals surface area contributed by atoms with Gasteiger partial charge < -0.3 is 9.30 Å². The van der Waals surface area contributed by atoms with Crippen LogP contribution in [-0.4, -0.2) is 30.5 Å². The second-order valence-corrected chi connectivity index (χ2v) is 18.8. The first kappa shape index (κ1) is 37.5. The first-order valence-corrected chi connectivity index (χ1v) is 24.2. The topological polar surface area (TPSA) is 71.7 Å². The van der Waals surface area contributed by atoms with Gasteiger partial charge >= 0.3 is 27.1 Å². The zero-order valence-corrected chi connectivity index (χ0v) is 43.3. The van der Waals surface area contributed by atoms with Crippen molar-refractivity contribution in [3.8, 4) is 73.7 Å². The Hall–Kier alpha value is -9.19. The van der Waals surface area contributed by atoms with E-state index in [0.29, 0.717) is 57.0 Å². The molecular weight excluding hydrogens is 1110 g/mol. The summed E-state index contributed by atoms with van der Waals surface area (Å²) in [6.07, 6.45) is 1.74. The van der Waals surface area contributed by atoms with Crippen molar-refractivity contribution in [2.75, 3.05) is 0 Å². The van der Waals surface area contributed by atoms with Crippen molar-refractivity contribution in [1.29, 1.82) is 0 Å². The smallest absolute Gasteiger partial charge is 0.508 e. The Bertz CT molecular complexity index is 4630. The van der Waals surface area contributed by atoms with Gasteiger partial charge in [0.05, 0.1) is 24.8 Å². The molecule has 4 heterocycles. The summed E-state index contributed by atoms with van der Waals surface area (Å²) < 4.78 is 102. The molecule has 8 nitrogen and oxygen atoms in total. The quantitative estimate of drug-likeness (QED) is 0.101. The molecular formula is C67H47N7OPt+2. The molecule has 0 fully saturated rings. The molecule has 0 radical (unpaired) electrons. The van der Waals surface area contributed by atoms with Crippen LogP contribution < -0.4 is 13.9 Å². The second kappa shape index (κ2) is 19.9. The van der Waals surface area contributed by atoms with Gasteiger partial charge in [0, 0.05) is 46.5 Å². The first-order valence-electron chi connectivity index (χ1n) is 29.2. The molecule has 0 atom stereocenters. The summed E-state index contributed by atoms with van der Waals surface area (Å²) in [7, 11) is 0. The van der Waals surface area contributed by atoms with Gasteiger partial charge in [0.25, 0.3) is 11.4 Å². The van der Waals surface area contributed by atoms with Crippen LogP contribution >= 0.6 is 0 Å². The van der Waals surface area contributed by atoms with Crippen LogP contribution in [0.5, 0.6) is 11.5 Å². The Morgan fingerprint density at radius 1 is 0.539 bits per heavy atom. The molecule has 9 heteroatoms. The Morgan fingerprint density at radius 2 is 1.12 bits per heavy atom. The molecule has 0 saturated heterocycles. The summed E-state index contributed by atoms with van der Waals surface area (Å²) in [5.74, 6) is 2.38. The SMILES string of the molecule is [2H]c1c([2H])c([2H])c(-c2cc(C(C)(C)C)cc(-c3c([2H])c([2H])c([2H])c([2H])c3[2H])c2[N+]2=C=[N+](c3[c-]c(Oc4[c-]c5c(cc4-c4nc(-c6ccccc6)nc(-c6ccccc6)n4)c4ccccc4n5-c4ccccn4)ccc3)c3ccccc32)c([2H])c1[2H].[Pt+2]. The van der Waals surface area contributed by atoms with E-state index in [-0.39, 0.29) is 60.5 Å². The standard InChI is InChI=1S/C67H47N7O.Pt/c1-67(2,3)49-39-53(45-23-8-4-9-24-45)63(54(40-49)46-25-10-5-11-26-46)73-44-72(58-35-18-19-36-59(58)73)50-31-22-32-51(41-50)75-61-43-60-55(52-33-16-17-34-57(52)74(60)62-37-20-21-38-68-62)42-56(61)66-70-64(47-27-12-6-13-28-47)69-65(71-66)48-29-14-7-15-30-48;/h4-40,42H,1-3H3;/q;+2/i4D,5D,8D,9D,10D,11D,23D,24D,25D,26D;. The van der Waals surface area contributed by atoms with Crippen molar-refractivity contribution in [1.82, 2.24) is 33.7 Å². The van der Waals surface area contributed by atoms with Gasteiger partial charge in [-0.3, -0.25) is 0 Å². The van der Waals surface area contributed by atoms with E-state index < -0.39 is 65.8 Å². The molecule has 0 saturated carbocycles. The second-order valence-electron chi connectivity index (χ2n) is 18.8. The van der Waals surface area contributed by atoms with Crippen molar-refractivity contribution in [3.63, 3.8) is 0 Å². The van der Waals surface area contributed by atoms with Crippen molar-refractivity contribution in [2.45, 2.75) is 26.2 Å². The molecule has 1 aliphatic heterocycles. The number of hydrogen-bond donors (Lipinski definition) is 0. The largest absolute Gasteiger partial charge is 2.00 e. The predicted molar refractivity (Wildman–Crippen MR) is 303 cm³/mol. The number of hydrogen-bond acceptors (Lipinski definition) is 5. The average Bonchev–Trinajstić information content (AvgIpc) is 1.40. The molecule has 0 unspecified atom stereocenters. The van der Waals surface area contributed by atoms with Gasteiger partial charge in [0.2, 0.25) is 5.69 Å². The molecule has 0 spiro atoms. The number of aromatic nitrogens is 5. The molecule has 76 heavy (non-hydrogen) atoms. The van der Waals surface area contributed by atoms with Gasteiger partial charge in [-0.25, -0.2) is 19.9 Å². The molecule has 3 aromatic heterocycles. The van der Waals surface area contributed by atoms with Gasteiger partial charge in [0.15, 0.2) is 11.6 Å². The summed E-state index contributed by atoms with van der Waals surface area (Å²) >= 11 is 0. The van der Waals surface area contributed by atoms with E-state index in [9.17, 15) is 5.48 Å². The third-order valence-corrected chi connectivity index (χ3v) is 13.0. The van der Waals surface area contributed by atoms with Crippen molar-refractivity contribution in [2.24, 2.45) is 0 Å². The van der Waals surface area contributed by atoms with E-state index >= 15 is 0 Å². The maximum atomic E-state index is 9.34. The Balaban J connectivity index is 0.00000724. The molecule has 0 amide bonds. The van der Waals surface area contributed by atoms with Crippen LogP contribution in [0.3, 0.4) is 0 Å². The van der Waals surface area contributed by atoms with E-state index in [1.807, 2.05) is 165 Å². The van der Waals surface area contributed by atoms with Gasteiger partial charge in [-0.05, 0) is 68.0 Å². The third kappa shape index (κ3) is 8.84. The monoisotopic (exact) mass is 1170 g/mol. The summed E-state index contributed by atoms with van der Waals surface area (Å²) in [5.41, 5.74) is 5.14. The van der Waals surface area contributed by atoms with Crippen LogP contribution in [0.15, 0.2) is 230 Å². The third-order valence-electron chi connectivity index (χ3n) is 13.0. The summed E-state index contributed by atoms with van der Waals surface area (Å²) in [4.78, 5) is 20.0. The van der Waals surface area contributed by atoms with Crippen molar-refractivity contribution < 1.29 is 39.5 Å². The molecule has 0 bridgehead atoms. The fourth-order valence-corrected chi connectivity index (χ4v) is 9.42. The maximum Gasteiger partial charge on any atom is 2.00 e. The van der Waals surface area contributed by atoms with E-state index in [2.05, 4.69) is 18.1 Å². The first-order chi connectivity index (χ1) is 41.0. The molecule has 12 aromatic rings. The number of ether oxygens (including phenoxy) is 1. The van der Waals surface area contributed by atoms with Gasteiger partial charge in [-0.15, -0.1) is 23.6 Å². The summed E-state index contributed by atoms with van der Waals surface area (Å²) in [6.45, 7) is 5.80. The predicted octanol–water partition coefficient (Wildman–Crippen LogP) is 16.2. The number of rotatable bonds is 10. The molecule has 364 valence electrons. The minimum absolute atomic E-state index is 0. The zero-order chi connectivity index (χ0) is 59.2. The van der Waals surface area contributed by atoms with Gasteiger partial charge in [-0.2, -0.15) is 6.07 Å². The number of fused-ring (bicyclic) bond motifs is 4. The van der Waals surface area contributed by atoms with E-state index in [0.717, 1.165) is 27.4 Å². The summed E-state index contributed by atoms with van der Waals surface area (Å²) in [5, 5.41) is 1.77. The average molecular weight is 1170 g/mol. The van der Waals surface area contributed by atoms with Crippen LogP contribution in [0.4, 0.5) is 22.7 Å². The fourth-order valence-electron chi connectivity index (χ4n) is 9.42. The van der Waals surface area contributed by atoms with Crippen LogP contribution in [-0.2, 0) is 26.5 Å². The van der Waals surface area contributed by atoms with E-state index in [4.69, 9.17) is 32.9 Å². The van der Waals surface area contributed by atoms with Crippen LogP contribution in [0.2, 0.25) is 0 Å². The van der Waals surface area contributed by atoms with Crippen LogP contribution in [0.25, 0.3) is 84.0 Å². The Kier molecular flexibility index (Phi) is 9.83. The molecule has 1 aliphatic rings. The zero-order valence-electron chi connectivity index (χ0n) is 51.0. The Labute approximate surface area is 469 Å². The van der Waals surface area contributed by atoms with Crippen LogP contribution in [0, 0.1) is 12.1 Å². The summed E-state index contributed by atoms with van der Waals surface area (Å²) in [6, 6.07) is 56.5. The number of benzene rings is 9. The number of nitrogens with zero attached hydrogens (tertiary/aromatic N) is 7. The van der Waals surface area contributed by atoms with Crippen molar-refractivity contribution in [3.05, 3.63) is 248 Å². The van der Waals surface area contributed by atoms with Crippen molar-refractivity contribution >= 4 is 50.6 Å². The van der Waals surface area contributed by atoms with Gasteiger partial charge in [0.1, 0.15) is 17.3 Å². The Morgan fingerprint density at radius 3 is 1.74 bits per heavy atom. The van der Waals surface area contributed by atoms with Crippen LogP contribution in [0.1, 0.15) is 40.0 Å². The molecule has 0 aliphatic carbocycles. The van der Waals surface area contributed by atoms with E-state index in [1.54, 1.807) is 39.6 Å². The minimum Gasteiger partial charge on any atom is -0.508 e. The number of para-hydroxylation sites is 3. The fraction of sp³-hybridized carbons (Fsp3) is 0.0597. The maximum absolute atomic E-state index is 9.34. The minimum atomic E-state index is -0.671.